The van der Waals surface area contributed by atoms with Gasteiger partial charge in [0.2, 0.25) is 5.95 Å². The van der Waals surface area contributed by atoms with Crippen LogP contribution in [0, 0.1) is 0 Å². The number of rotatable bonds is 4. The summed E-state index contributed by atoms with van der Waals surface area (Å²) in [5, 5.41) is 24.4. The second-order valence-electron chi connectivity index (χ2n) is 5.42. The summed E-state index contributed by atoms with van der Waals surface area (Å²) in [6.45, 7) is 1.79. The Labute approximate surface area is 139 Å². The van der Waals surface area contributed by atoms with Gasteiger partial charge in [0, 0.05) is 33.4 Å². The van der Waals surface area contributed by atoms with E-state index in [1.165, 1.54) is 0 Å². The van der Waals surface area contributed by atoms with Gasteiger partial charge in [-0.05, 0) is 12.5 Å². The smallest absolute Gasteiger partial charge is 0.290 e. The first-order valence-electron chi connectivity index (χ1n) is 7.43. The van der Waals surface area contributed by atoms with Crippen LogP contribution in [0.5, 0.6) is 0 Å². The number of aryl methyl sites for hydroxylation is 1. The van der Waals surface area contributed by atoms with Crippen LogP contribution in [-0.4, -0.2) is 67.7 Å². The summed E-state index contributed by atoms with van der Waals surface area (Å²) in [7, 11) is 3.83. The summed E-state index contributed by atoms with van der Waals surface area (Å²) in [6.07, 6.45) is 3.94. The van der Waals surface area contributed by atoms with E-state index in [0.29, 0.717) is 19.0 Å². The van der Waals surface area contributed by atoms with Crippen LogP contribution in [0.15, 0.2) is 18.6 Å². The highest BCUT2D eigenvalue weighted by Gasteiger charge is 2.22. The minimum Gasteiger partial charge on any atom is -0.483 e. The molecule has 0 aliphatic carbocycles. The zero-order valence-electron chi connectivity index (χ0n) is 13.6. The van der Waals surface area contributed by atoms with Gasteiger partial charge >= 0.3 is 0 Å². The van der Waals surface area contributed by atoms with Crippen LogP contribution in [0.2, 0.25) is 0 Å². The molecule has 24 heavy (non-hydrogen) atoms. The Morgan fingerprint density at radius 2 is 2.25 bits per heavy atom. The third kappa shape index (κ3) is 4.38. The van der Waals surface area contributed by atoms with Crippen molar-refractivity contribution in [3.63, 3.8) is 0 Å². The van der Waals surface area contributed by atoms with E-state index in [-0.39, 0.29) is 12.6 Å². The standard InChI is InChI=1S/C13H19N7O.CH2O2/c1-18(8-12-17-15-9-19(12)2)13-14-5-3-11(16-13)20-6-4-10(21)7-20;2-1-3/h3,5,9-10,21H,4,6-8H2,1-2H3;1H,(H,2,3). The Morgan fingerprint density at radius 1 is 1.50 bits per heavy atom. The van der Waals surface area contributed by atoms with Crippen molar-refractivity contribution in [2.75, 3.05) is 29.9 Å². The van der Waals surface area contributed by atoms with Crippen molar-refractivity contribution in [3.05, 3.63) is 24.4 Å². The predicted molar refractivity (Wildman–Crippen MR) is 86.7 cm³/mol. The maximum absolute atomic E-state index is 9.63. The molecule has 1 fully saturated rings. The molecule has 0 aromatic carbocycles. The molecule has 10 nitrogen and oxygen atoms in total. The van der Waals surface area contributed by atoms with E-state index in [9.17, 15) is 5.11 Å². The van der Waals surface area contributed by atoms with E-state index in [0.717, 1.165) is 24.6 Å². The maximum Gasteiger partial charge on any atom is 0.290 e. The minimum atomic E-state index is -0.264. The van der Waals surface area contributed by atoms with Crippen molar-refractivity contribution in [1.82, 2.24) is 24.7 Å². The highest BCUT2D eigenvalue weighted by molar-refractivity contribution is 5.44. The monoisotopic (exact) mass is 335 g/mol. The predicted octanol–water partition coefficient (Wildman–Crippen LogP) is -0.487. The number of aliphatic hydroxyl groups excluding tert-OH is 1. The van der Waals surface area contributed by atoms with Gasteiger partial charge in [-0.15, -0.1) is 10.2 Å². The molecule has 0 spiro atoms. The second kappa shape index (κ2) is 8.20. The van der Waals surface area contributed by atoms with Gasteiger partial charge < -0.3 is 24.6 Å². The van der Waals surface area contributed by atoms with E-state index in [1.807, 2.05) is 29.6 Å². The fourth-order valence-corrected chi connectivity index (χ4v) is 2.38. The zero-order chi connectivity index (χ0) is 17.5. The van der Waals surface area contributed by atoms with Crippen LogP contribution < -0.4 is 9.80 Å². The van der Waals surface area contributed by atoms with Gasteiger partial charge in [0.05, 0.1) is 12.6 Å². The van der Waals surface area contributed by atoms with Gasteiger partial charge in [-0.1, -0.05) is 0 Å². The molecule has 0 saturated carbocycles. The summed E-state index contributed by atoms with van der Waals surface area (Å²) in [6, 6.07) is 1.87. The first-order chi connectivity index (χ1) is 11.5. The molecular weight excluding hydrogens is 314 g/mol. The second-order valence-corrected chi connectivity index (χ2v) is 5.42. The number of β-amino-alcohol motifs (C(OH)–C–C–N with tert-alkyl or cyclic N) is 1. The summed E-state index contributed by atoms with van der Waals surface area (Å²) in [5.41, 5.74) is 0. The maximum atomic E-state index is 9.63. The highest BCUT2D eigenvalue weighted by atomic mass is 16.3. The van der Waals surface area contributed by atoms with E-state index >= 15 is 0 Å². The van der Waals surface area contributed by atoms with E-state index < -0.39 is 0 Å². The average molecular weight is 335 g/mol. The molecule has 0 amide bonds. The molecule has 1 aliphatic heterocycles. The molecule has 3 heterocycles. The Hall–Kier alpha value is -2.75. The fourth-order valence-electron chi connectivity index (χ4n) is 2.38. The number of aromatic nitrogens is 5. The molecule has 1 unspecified atom stereocenters. The Bertz CT molecular complexity index is 663. The van der Waals surface area contributed by atoms with Crippen molar-refractivity contribution in [2.24, 2.45) is 7.05 Å². The SMILES string of the molecule is CN(Cc1nncn1C)c1nccc(N2CCC(O)C2)n1.O=CO. The molecule has 1 saturated heterocycles. The van der Waals surface area contributed by atoms with Gasteiger partial charge in [-0.25, -0.2) is 4.98 Å². The molecule has 0 radical (unpaired) electrons. The molecular formula is C14H21N7O3. The number of anilines is 2. The lowest BCUT2D eigenvalue weighted by atomic mass is 10.3. The van der Waals surface area contributed by atoms with Crippen molar-refractivity contribution in [1.29, 1.82) is 0 Å². The number of carboxylic acid groups (broad SMARTS) is 1. The molecule has 1 atom stereocenters. The quantitative estimate of drug-likeness (QED) is 0.713. The number of nitrogens with zero attached hydrogens (tertiary/aromatic N) is 7. The summed E-state index contributed by atoms with van der Waals surface area (Å²) >= 11 is 0. The summed E-state index contributed by atoms with van der Waals surface area (Å²) in [4.78, 5) is 21.2. The van der Waals surface area contributed by atoms with Crippen molar-refractivity contribution in [3.8, 4) is 0 Å². The third-order valence-electron chi connectivity index (χ3n) is 3.64. The molecule has 2 N–H and O–H groups in total. The largest absolute Gasteiger partial charge is 0.483 e. The highest BCUT2D eigenvalue weighted by Crippen LogP contribution is 2.20. The molecule has 130 valence electrons. The molecule has 10 heteroatoms. The van der Waals surface area contributed by atoms with Gasteiger partial charge in [-0.2, -0.15) is 4.98 Å². The van der Waals surface area contributed by atoms with E-state index in [1.54, 1.807) is 12.5 Å². The number of carbonyl (C=O) groups is 1. The fraction of sp³-hybridized carbons (Fsp3) is 0.500. The average Bonchev–Trinajstić information content (AvgIpc) is 3.17. The number of hydrogen-bond acceptors (Lipinski definition) is 8. The van der Waals surface area contributed by atoms with Gasteiger partial charge in [0.15, 0.2) is 5.82 Å². The van der Waals surface area contributed by atoms with Gasteiger partial charge in [-0.3, -0.25) is 4.79 Å². The molecule has 3 rings (SSSR count). The molecule has 2 aromatic heterocycles. The molecule has 2 aromatic rings. The van der Waals surface area contributed by atoms with Crippen molar-refractivity contribution >= 4 is 18.2 Å². The van der Waals surface area contributed by atoms with Crippen LogP contribution in [-0.2, 0) is 18.4 Å². The van der Waals surface area contributed by atoms with Gasteiger partial charge in [0.25, 0.3) is 6.47 Å². The van der Waals surface area contributed by atoms with E-state index in [4.69, 9.17) is 9.90 Å². The lowest BCUT2D eigenvalue weighted by Crippen LogP contribution is -2.25. The Morgan fingerprint density at radius 3 is 2.83 bits per heavy atom. The lowest BCUT2D eigenvalue weighted by molar-refractivity contribution is -0.122. The Balaban J connectivity index is 0.000000647. The number of aliphatic hydroxyl groups is 1. The summed E-state index contributed by atoms with van der Waals surface area (Å²) in [5.74, 6) is 2.33. The first kappa shape index (κ1) is 17.6. The minimum absolute atomic E-state index is 0.250. The normalized spacial score (nSPS) is 16.5. The lowest BCUT2D eigenvalue weighted by Gasteiger charge is -2.20. The van der Waals surface area contributed by atoms with Crippen LogP contribution in [0.4, 0.5) is 11.8 Å². The van der Waals surface area contributed by atoms with Crippen molar-refractivity contribution in [2.45, 2.75) is 19.1 Å². The Kier molecular flexibility index (Phi) is 6.01. The third-order valence-corrected chi connectivity index (χ3v) is 3.64. The van der Waals surface area contributed by atoms with Crippen LogP contribution in [0.25, 0.3) is 0 Å². The van der Waals surface area contributed by atoms with Crippen LogP contribution in [0.1, 0.15) is 12.2 Å². The number of hydrogen-bond donors (Lipinski definition) is 2. The zero-order valence-corrected chi connectivity index (χ0v) is 13.6. The van der Waals surface area contributed by atoms with Crippen molar-refractivity contribution < 1.29 is 15.0 Å². The van der Waals surface area contributed by atoms with Crippen LogP contribution in [0.3, 0.4) is 0 Å². The first-order valence-corrected chi connectivity index (χ1v) is 7.43. The molecule has 1 aliphatic rings. The van der Waals surface area contributed by atoms with E-state index in [2.05, 4.69) is 25.1 Å². The topological polar surface area (TPSA) is 121 Å². The molecule has 0 bridgehead atoms. The van der Waals surface area contributed by atoms with Crippen LogP contribution >= 0.6 is 0 Å². The summed E-state index contributed by atoms with van der Waals surface area (Å²) < 4.78 is 1.87. The van der Waals surface area contributed by atoms with Gasteiger partial charge in [0.1, 0.15) is 12.1 Å².